The summed E-state index contributed by atoms with van der Waals surface area (Å²) in [5.41, 5.74) is 6.52. The number of nitrogens with one attached hydrogen (secondary N) is 2. The maximum absolute atomic E-state index is 4.45. The molecule has 0 amide bonds. The number of hydrogen-bond acceptors (Lipinski definition) is 5. The van der Waals surface area contributed by atoms with Gasteiger partial charge in [-0.15, -0.1) is 10.2 Å². The fraction of sp³-hybridized carbons (Fsp3) is 0.429. The van der Waals surface area contributed by atoms with Crippen molar-refractivity contribution in [2.45, 2.75) is 39.2 Å². The Balaban J connectivity index is 1.69. The van der Waals surface area contributed by atoms with Gasteiger partial charge in [-0.2, -0.15) is 14.7 Å². The van der Waals surface area contributed by atoms with E-state index in [-0.39, 0.29) is 0 Å². The number of H-pyrrole nitrogens is 1. The predicted molar refractivity (Wildman–Crippen MR) is 78.3 cm³/mol. The van der Waals surface area contributed by atoms with E-state index in [2.05, 4.69) is 37.7 Å². The predicted octanol–water partition coefficient (Wildman–Crippen LogP) is 1.43. The van der Waals surface area contributed by atoms with E-state index in [0.29, 0.717) is 6.04 Å². The zero-order valence-corrected chi connectivity index (χ0v) is 12.1. The van der Waals surface area contributed by atoms with Gasteiger partial charge in [0.2, 0.25) is 5.65 Å². The molecule has 0 bridgehead atoms. The number of fused-ring (bicyclic) bond motifs is 2. The Kier molecular flexibility index (Phi) is 2.66. The molecule has 3 heterocycles. The fourth-order valence-corrected chi connectivity index (χ4v) is 2.97. The third-order valence-corrected chi connectivity index (χ3v) is 4.29. The maximum atomic E-state index is 4.45. The molecule has 0 spiro atoms. The third kappa shape index (κ3) is 1.96. The maximum Gasteiger partial charge on any atom is 0.200 e. The van der Waals surface area contributed by atoms with Gasteiger partial charge in [-0.25, -0.2) is 0 Å². The second-order valence-electron chi connectivity index (χ2n) is 5.64. The Morgan fingerprint density at radius 3 is 3.19 bits per heavy atom. The van der Waals surface area contributed by atoms with Crippen molar-refractivity contribution >= 4 is 11.3 Å². The monoisotopic (exact) mass is 283 g/mol. The first-order chi connectivity index (χ1) is 10.2. The highest BCUT2D eigenvalue weighted by atomic mass is 15.3. The SMILES string of the molecule is Cc1nn2cnnc2c(NC2CCc3[nH]ncc3C2)c1C. The average molecular weight is 283 g/mol. The van der Waals surface area contributed by atoms with Crippen LogP contribution >= 0.6 is 0 Å². The smallest absolute Gasteiger partial charge is 0.200 e. The lowest BCUT2D eigenvalue weighted by molar-refractivity contribution is 0.603. The Bertz CT molecular complexity index is 801. The number of aryl methyl sites for hydroxylation is 2. The zero-order valence-electron chi connectivity index (χ0n) is 12.1. The standard InChI is InChI=1S/C14H17N7/c1-8-9(2)20-21-7-16-19-14(21)13(8)17-11-3-4-12-10(5-11)6-15-18-12/h6-7,11,17H,3-5H2,1-2H3,(H,15,18). The van der Waals surface area contributed by atoms with E-state index in [1.165, 1.54) is 11.3 Å². The summed E-state index contributed by atoms with van der Waals surface area (Å²) in [4.78, 5) is 0. The molecule has 1 atom stereocenters. The number of aromatic amines is 1. The molecule has 1 aliphatic rings. The van der Waals surface area contributed by atoms with E-state index in [9.17, 15) is 0 Å². The average Bonchev–Trinajstić information content (AvgIpc) is 3.11. The van der Waals surface area contributed by atoms with E-state index < -0.39 is 0 Å². The molecule has 4 rings (SSSR count). The van der Waals surface area contributed by atoms with Crippen LogP contribution in [0.25, 0.3) is 5.65 Å². The normalized spacial score (nSPS) is 17.9. The second-order valence-corrected chi connectivity index (χ2v) is 5.64. The van der Waals surface area contributed by atoms with Crippen molar-refractivity contribution < 1.29 is 0 Å². The van der Waals surface area contributed by atoms with Crippen LogP contribution in [0.5, 0.6) is 0 Å². The van der Waals surface area contributed by atoms with Gasteiger partial charge in [-0.3, -0.25) is 5.10 Å². The second kappa shape index (κ2) is 4.54. The summed E-state index contributed by atoms with van der Waals surface area (Å²) in [7, 11) is 0. The first-order valence-electron chi connectivity index (χ1n) is 7.17. The summed E-state index contributed by atoms with van der Waals surface area (Å²) in [6, 6.07) is 0.385. The van der Waals surface area contributed by atoms with E-state index in [0.717, 1.165) is 41.9 Å². The molecule has 0 fully saturated rings. The van der Waals surface area contributed by atoms with Crippen LogP contribution in [0.15, 0.2) is 12.5 Å². The van der Waals surface area contributed by atoms with Crippen molar-refractivity contribution in [2.75, 3.05) is 5.32 Å². The third-order valence-electron chi connectivity index (χ3n) is 4.29. The van der Waals surface area contributed by atoms with Gasteiger partial charge < -0.3 is 5.32 Å². The number of aromatic nitrogens is 6. The van der Waals surface area contributed by atoms with Crippen LogP contribution in [0.3, 0.4) is 0 Å². The van der Waals surface area contributed by atoms with Crippen LogP contribution < -0.4 is 5.32 Å². The van der Waals surface area contributed by atoms with Gasteiger partial charge in [-0.1, -0.05) is 0 Å². The van der Waals surface area contributed by atoms with Gasteiger partial charge in [0.1, 0.15) is 6.33 Å². The Morgan fingerprint density at radius 1 is 1.38 bits per heavy atom. The van der Waals surface area contributed by atoms with Crippen molar-refractivity contribution in [1.29, 1.82) is 0 Å². The lowest BCUT2D eigenvalue weighted by Gasteiger charge is -2.25. The van der Waals surface area contributed by atoms with Gasteiger partial charge in [0, 0.05) is 11.7 Å². The summed E-state index contributed by atoms with van der Waals surface area (Å²) in [5.74, 6) is 0. The van der Waals surface area contributed by atoms with Crippen LogP contribution in [-0.4, -0.2) is 36.1 Å². The molecular formula is C14H17N7. The molecule has 1 aliphatic carbocycles. The summed E-state index contributed by atoms with van der Waals surface area (Å²) in [6.07, 6.45) is 6.66. The summed E-state index contributed by atoms with van der Waals surface area (Å²) in [6.45, 7) is 4.08. The molecule has 3 aromatic rings. The summed E-state index contributed by atoms with van der Waals surface area (Å²) < 4.78 is 1.73. The van der Waals surface area contributed by atoms with E-state index in [4.69, 9.17) is 0 Å². The molecule has 3 aromatic heterocycles. The molecular weight excluding hydrogens is 266 g/mol. The highest BCUT2D eigenvalue weighted by Crippen LogP contribution is 2.26. The van der Waals surface area contributed by atoms with Gasteiger partial charge in [0.05, 0.1) is 17.6 Å². The highest BCUT2D eigenvalue weighted by Gasteiger charge is 2.22. The molecule has 0 saturated heterocycles. The quantitative estimate of drug-likeness (QED) is 0.743. The number of anilines is 1. The molecule has 0 aliphatic heterocycles. The molecule has 108 valence electrons. The highest BCUT2D eigenvalue weighted by molar-refractivity contribution is 5.71. The van der Waals surface area contributed by atoms with E-state index in [1.807, 2.05) is 13.1 Å². The zero-order chi connectivity index (χ0) is 14.4. The molecule has 2 N–H and O–H groups in total. The van der Waals surface area contributed by atoms with E-state index >= 15 is 0 Å². The summed E-state index contributed by atoms with van der Waals surface area (Å²) >= 11 is 0. The van der Waals surface area contributed by atoms with Crippen LogP contribution in [0.1, 0.15) is 28.9 Å². The Labute approximate surface area is 121 Å². The lowest BCUT2D eigenvalue weighted by atomic mass is 9.93. The fourth-order valence-electron chi connectivity index (χ4n) is 2.97. The minimum absolute atomic E-state index is 0.385. The topological polar surface area (TPSA) is 83.8 Å². The van der Waals surface area contributed by atoms with Gasteiger partial charge in [0.25, 0.3) is 0 Å². The lowest BCUT2D eigenvalue weighted by Crippen LogP contribution is -2.28. The van der Waals surface area contributed by atoms with Crippen molar-refractivity contribution in [3.05, 3.63) is 35.0 Å². The Morgan fingerprint density at radius 2 is 2.29 bits per heavy atom. The molecule has 0 radical (unpaired) electrons. The molecule has 1 unspecified atom stereocenters. The molecule has 7 heteroatoms. The largest absolute Gasteiger partial charge is 0.379 e. The van der Waals surface area contributed by atoms with Crippen molar-refractivity contribution in [2.24, 2.45) is 0 Å². The minimum Gasteiger partial charge on any atom is -0.379 e. The Hall–Kier alpha value is -2.44. The van der Waals surface area contributed by atoms with Gasteiger partial charge >= 0.3 is 0 Å². The first kappa shape index (κ1) is 12.3. The minimum atomic E-state index is 0.385. The molecule has 21 heavy (non-hydrogen) atoms. The van der Waals surface area contributed by atoms with Crippen LogP contribution in [0.2, 0.25) is 0 Å². The number of nitrogens with zero attached hydrogens (tertiary/aromatic N) is 5. The van der Waals surface area contributed by atoms with Gasteiger partial charge in [0.15, 0.2) is 0 Å². The summed E-state index contributed by atoms with van der Waals surface area (Å²) in [5, 5.41) is 23.5. The molecule has 0 saturated carbocycles. The van der Waals surface area contributed by atoms with Crippen molar-refractivity contribution in [1.82, 2.24) is 30.0 Å². The van der Waals surface area contributed by atoms with Crippen LogP contribution in [0.4, 0.5) is 5.69 Å². The molecule has 0 aromatic carbocycles. The molecule has 7 nitrogen and oxygen atoms in total. The number of rotatable bonds is 2. The van der Waals surface area contributed by atoms with Crippen molar-refractivity contribution in [3.8, 4) is 0 Å². The number of hydrogen-bond donors (Lipinski definition) is 2. The van der Waals surface area contributed by atoms with E-state index in [1.54, 1.807) is 10.8 Å². The van der Waals surface area contributed by atoms with Crippen molar-refractivity contribution in [3.63, 3.8) is 0 Å². The van der Waals surface area contributed by atoms with Gasteiger partial charge in [-0.05, 0) is 44.2 Å². The first-order valence-corrected chi connectivity index (χ1v) is 7.17. The van der Waals surface area contributed by atoms with Crippen LogP contribution in [0, 0.1) is 13.8 Å². The van der Waals surface area contributed by atoms with Crippen LogP contribution in [-0.2, 0) is 12.8 Å².